The van der Waals surface area contributed by atoms with Crippen molar-refractivity contribution < 1.29 is 18.3 Å². The Morgan fingerprint density at radius 1 is 1.50 bits per heavy atom. The zero-order valence-electron chi connectivity index (χ0n) is 9.60. The number of aliphatic imine (C=N–C) groups is 1. The first-order valence-electron chi connectivity index (χ1n) is 5.37. The third-order valence-electron chi connectivity index (χ3n) is 3.25. The number of carbonyl (C=O) groups excluding carboxylic acids is 1. The second-order valence-corrected chi connectivity index (χ2v) is 4.53. The molecule has 18 heavy (non-hydrogen) atoms. The average Bonchev–Trinajstić information content (AvgIpc) is 2.30. The van der Waals surface area contributed by atoms with Crippen LogP contribution in [0.25, 0.3) is 0 Å². The van der Waals surface area contributed by atoms with Crippen LogP contribution in [0.4, 0.5) is 8.78 Å². The molecule has 0 aliphatic heterocycles. The van der Waals surface area contributed by atoms with Crippen LogP contribution in [0, 0.1) is 11.6 Å². The van der Waals surface area contributed by atoms with Crippen molar-refractivity contribution in [2.24, 2.45) is 4.99 Å². The molecular weight excluding hydrogens is 264 g/mol. The Kier molecular flexibility index (Phi) is 3.37. The molecule has 2 rings (SSSR count). The van der Waals surface area contributed by atoms with Crippen molar-refractivity contribution in [2.75, 3.05) is 7.11 Å². The highest BCUT2D eigenvalue weighted by Gasteiger charge is 2.44. The molecule has 0 saturated heterocycles. The molecule has 1 aliphatic carbocycles. The van der Waals surface area contributed by atoms with E-state index in [-0.39, 0.29) is 16.3 Å². The Balaban J connectivity index is 2.64. The fourth-order valence-electron chi connectivity index (χ4n) is 2.17. The highest BCUT2D eigenvalue weighted by atomic mass is 35.5. The zero-order valence-corrected chi connectivity index (χ0v) is 10.4. The molecule has 1 aliphatic rings. The Hall–Kier alpha value is -1.45. The summed E-state index contributed by atoms with van der Waals surface area (Å²) in [5, 5.41) is -0.304. The molecule has 0 aromatic heterocycles. The van der Waals surface area contributed by atoms with Crippen molar-refractivity contribution in [3.8, 4) is 5.75 Å². The molecule has 0 atom stereocenters. The number of benzene rings is 1. The number of ether oxygens (including phenoxy) is 1. The largest absolute Gasteiger partial charge is 0.495 e. The van der Waals surface area contributed by atoms with Crippen LogP contribution in [-0.4, -0.2) is 13.2 Å². The molecule has 96 valence electrons. The van der Waals surface area contributed by atoms with Gasteiger partial charge in [-0.2, -0.15) is 4.99 Å². The molecular formula is C12H10ClF2NO2. The number of nitrogens with zero attached hydrogens (tertiary/aromatic N) is 1. The van der Waals surface area contributed by atoms with E-state index < -0.39 is 17.2 Å². The number of hydrogen-bond acceptors (Lipinski definition) is 3. The molecule has 0 bridgehead atoms. The SMILES string of the molecule is COc1cc(F)c(C2(N=C=O)CCC2)c(F)c1Cl. The highest BCUT2D eigenvalue weighted by molar-refractivity contribution is 6.32. The maximum atomic E-state index is 14.1. The Morgan fingerprint density at radius 3 is 2.61 bits per heavy atom. The normalized spacial score (nSPS) is 16.7. The molecule has 0 spiro atoms. The summed E-state index contributed by atoms with van der Waals surface area (Å²) in [5.41, 5.74) is -1.44. The lowest BCUT2D eigenvalue weighted by atomic mass is 9.72. The Morgan fingerprint density at radius 2 is 2.17 bits per heavy atom. The summed E-state index contributed by atoms with van der Waals surface area (Å²) >= 11 is 5.75. The second-order valence-electron chi connectivity index (χ2n) is 4.15. The maximum absolute atomic E-state index is 14.1. The van der Waals surface area contributed by atoms with E-state index in [9.17, 15) is 13.6 Å². The van der Waals surface area contributed by atoms with Crippen molar-refractivity contribution in [3.05, 3.63) is 28.3 Å². The van der Waals surface area contributed by atoms with E-state index in [2.05, 4.69) is 4.99 Å². The fourth-order valence-corrected chi connectivity index (χ4v) is 2.39. The number of halogens is 3. The van der Waals surface area contributed by atoms with Gasteiger partial charge in [0.25, 0.3) is 0 Å². The number of methoxy groups -OCH3 is 1. The van der Waals surface area contributed by atoms with E-state index in [1.54, 1.807) is 0 Å². The molecule has 6 heteroatoms. The monoisotopic (exact) mass is 273 g/mol. The molecule has 0 unspecified atom stereocenters. The molecule has 0 radical (unpaired) electrons. The van der Waals surface area contributed by atoms with Gasteiger partial charge in [0, 0.05) is 6.07 Å². The second kappa shape index (κ2) is 4.67. The summed E-state index contributed by atoms with van der Waals surface area (Å²) < 4.78 is 32.8. The zero-order chi connectivity index (χ0) is 13.3. The van der Waals surface area contributed by atoms with E-state index in [1.165, 1.54) is 13.2 Å². The smallest absolute Gasteiger partial charge is 0.235 e. The van der Waals surface area contributed by atoms with Gasteiger partial charge in [-0.05, 0) is 19.3 Å². The number of isocyanates is 1. The predicted octanol–water partition coefficient (Wildman–Crippen LogP) is 3.34. The quantitative estimate of drug-likeness (QED) is 0.481. The van der Waals surface area contributed by atoms with Gasteiger partial charge in [0.1, 0.15) is 22.1 Å². The van der Waals surface area contributed by atoms with Crippen LogP contribution >= 0.6 is 11.6 Å². The summed E-state index contributed by atoms with van der Waals surface area (Å²) in [6.07, 6.45) is 2.93. The molecule has 0 N–H and O–H groups in total. The van der Waals surface area contributed by atoms with Gasteiger partial charge >= 0.3 is 0 Å². The summed E-state index contributed by atoms with van der Waals surface area (Å²) in [7, 11) is 1.27. The summed E-state index contributed by atoms with van der Waals surface area (Å²) in [6, 6.07) is 1.00. The van der Waals surface area contributed by atoms with Crippen LogP contribution in [0.2, 0.25) is 5.02 Å². The van der Waals surface area contributed by atoms with Crippen LogP contribution in [-0.2, 0) is 10.3 Å². The summed E-state index contributed by atoms with van der Waals surface area (Å²) in [4.78, 5) is 14.0. The molecule has 1 fully saturated rings. The third kappa shape index (κ3) is 1.80. The van der Waals surface area contributed by atoms with E-state index in [0.717, 1.165) is 12.5 Å². The molecule has 0 amide bonds. The highest BCUT2D eigenvalue weighted by Crippen LogP contribution is 2.48. The first kappa shape index (κ1) is 13.0. The lowest BCUT2D eigenvalue weighted by Crippen LogP contribution is -2.34. The third-order valence-corrected chi connectivity index (χ3v) is 3.60. The number of rotatable bonds is 3. The lowest BCUT2D eigenvalue weighted by molar-refractivity contribution is 0.237. The fraction of sp³-hybridized carbons (Fsp3) is 0.417. The van der Waals surface area contributed by atoms with Crippen molar-refractivity contribution in [3.63, 3.8) is 0 Å². The molecule has 3 nitrogen and oxygen atoms in total. The number of hydrogen-bond donors (Lipinski definition) is 0. The van der Waals surface area contributed by atoms with Crippen molar-refractivity contribution in [1.29, 1.82) is 0 Å². The van der Waals surface area contributed by atoms with Gasteiger partial charge in [0.05, 0.1) is 12.7 Å². The summed E-state index contributed by atoms with van der Waals surface area (Å²) in [5.74, 6) is -1.82. The van der Waals surface area contributed by atoms with Crippen LogP contribution in [0.15, 0.2) is 11.1 Å². The Bertz CT molecular complexity index is 537. The maximum Gasteiger partial charge on any atom is 0.235 e. The van der Waals surface area contributed by atoms with Crippen molar-refractivity contribution in [1.82, 2.24) is 0 Å². The minimum Gasteiger partial charge on any atom is -0.495 e. The van der Waals surface area contributed by atoms with E-state index in [0.29, 0.717) is 12.8 Å². The van der Waals surface area contributed by atoms with Gasteiger partial charge < -0.3 is 4.74 Å². The standard InChI is InChI=1S/C12H10ClF2NO2/c1-18-8-5-7(14)9(11(15)10(8)13)12(16-6-17)3-2-4-12/h5H,2-4H2,1H3. The average molecular weight is 274 g/mol. The molecule has 0 heterocycles. The molecule has 1 aromatic carbocycles. The van der Waals surface area contributed by atoms with Gasteiger partial charge in [-0.3, -0.25) is 0 Å². The van der Waals surface area contributed by atoms with Crippen LogP contribution in [0.3, 0.4) is 0 Å². The topological polar surface area (TPSA) is 38.7 Å². The van der Waals surface area contributed by atoms with Crippen molar-refractivity contribution >= 4 is 17.7 Å². The minimum absolute atomic E-state index is 0.0834. The molecule has 1 saturated carbocycles. The first-order valence-corrected chi connectivity index (χ1v) is 5.74. The Labute approximate surface area is 107 Å². The van der Waals surface area contributed by atoms with Gasteiger partial charge in [0.15, 0.2) is 5.82 Å². The van der Waals surface area contributed by atoms with Gasteiger partial charge in [-0.1, -0.05) is 11.6 Å². The van der Waals surface area contributed by atoms with Gasteiger partial charge in [-0.25, -0.2) is 13.6 Å². The van der Waals surface area contributed by atoms with E-state index in [4.69, 9.17) is 16.3 Å². The van der Waals surface area contributed by atoms with Gasteiger partial charge in [-0.15, -0.1) is 0 Å². The molecule has 1 aromatic rings. The predicted molar refractivity (Wildman–Crippen MR) is 61.6 cm³/mol. The minimum atomic E-state index is -1.16. The van der Waals surface area contributed by atoms with Crippen LogP contribution in [0.1, 0.15) is 24.8 Å². The van der Waals surface area contributed by atoms with Crippen LogP contribution < -0.4 is 4.74 Å². The van der Waals surface area contributed by atoms with Crippen molar-refractivity contribution in [2.45, 2.75) is 24.8 Å². The summed E-state index contributed by atoms with van der Waals surface area (Å²) in [6.45, 7) is 0. The van der Waals surface area contributed by atoms with Crippen LogP contribution in [0.5, 0.6) is 5.75 Å². The van der Waals surface area contributed by atoms with E-state index in [1.807, 2.05) is 0 Å². The van der Waals surface area contributed by atoms with E-state index >= 15 is 0 Å². The first-order chi connectivity index (χ1) is 8.55. The van der Waals surface area contributed by atoms with Gasteiger partial charge in [0.2, 0.25) is 6.08 Å². The lowest BCUT2D eigenvalue weighted by Gasteiger charge is -2.37.